The number of fused-ring (bicyclic) bond motifs is 1. The number of carbonyl (C=O) groups is 1. The van der Waals surface area contributed by atoms with Crippen LogP contribution in [-0.4, -0.2) is 33.8 Å². The fourth-order valence-electron chi connectivity index (χ4n) is 2.03. The van der Waals surface area contributed by atoms with Gasteiger partial charge in [0.1, 0.15) is 6.04 Å². The van der Waals surface area contributed by atoms with E-state index in [9.17, 15) is 4.79 Å². The van der Waals surface area contributed by atoms with Gasteiger partial charge in [-0.2, -0.15) is 5.10 Å². The van der Waals surface area contributed by atoms with Crippen LogP contribution in [0, 0.1) is 5.92 Å². The molecule has 2 heterocycles. The smallest absolute Gasteiger partial charge is 0.242 e. The van der Waals surface area contributed by atoms with Crippen LogP contribution >= 0.6 is 0 Å². The third kappa shape index (κ3) is 2.52. The van der Waals surface area contributed by atoms with Crippen molar-refractivity contribution in [1.82, 2.24) is 20.1 Å². The summed E-state index contributed by atoms with van der Waals surface area (Å²) >= 11 is 0. The Hall–Kier alpha value is -2.11. The fourth-order valence-corrected chi connectivity index (χ4v) is 2.03. The molecule has 0 radical (unpaired) electrons. The minimum atomic E-state index is -0.282. The van der Waals surface area contributed by atoms with Crippen LogP contribution in [0.25, 0.3) is 11.0 Å². The number of aryl methyl sites for hydroxylation is 1. The first-order valence-corrected chi connectivity index (χ1v) is 6.29. The summed E-state index contributed by atoms with van der Waals surface area (Å²) in [6.07, 6.45) is 3.47. The molecule has 1 unspecified atom stereocenters. The van der Waals surface area contributed by atoms with E-state index in [1.165, 1.54) is 0 Å². The molecule has 19 heavy (non-hydrogen) atoms. The number of anilines is 1. The molecule has 0 bridgehead atoms. The zero-order chi connectivity index (χ0) is 14.0. The third-order valence-corrected chi connectivity index (χ3v) is 3.14. The lowest BCUT2D eigenvalue weighted by Gasteiger charge is -2.22. The largest absolute Gasteiger partial charge is 0.373 e. The van der Waals surface area contributed by atoms with E-state index in [2.05, 4.69) is 20.7 Å². The summed E-state index contributed by atoms with van der Waals surface area (Å²) in [5.74, 6) is 0.156. The zero-order valence-corrected chi connectivity index (χ0v) is 11.6. The van der Waals surface area contributed by atoms with Gasteiger partial charge in [-0.1, -0.05) is 13.8 Å². The Balaban J connectivity index is 2.36. The predicted octanol–water partition coefficient (Wildman–Crippen LogP) is 1.15. The van der Waals surface area contributed by atoms with Gasteiger partial charge >= 0.3 is 0 Å². The predicted molar refractivity (Wildman–Crippen MR) is 74.8 cm³/mol. The maximum atomic E-state index is 11.9. The summed E-state index contributed by atoms with van der Waals surface area (Å²) in [6, 6.07) is 1.58. The van der Waals surface area contributed by atoms with Gasteiger partial charge < -0.3 is 10.6 Å². The van der Waals surface area contributed by atoms with E-state index in [-0.39, 0.29) is 17.9 Å². The zero-order valence-electron chi connectivity index (χ0n) is 11.6. The number of carbonyl (C=O) groups excluding carboxylic acids is 1. The second kappa shape index (κ2) is 5.26. The molecule has 0 aliphatic rings. The molecule has 0 aromatic carbocycles. The van der Waals surface area contributed by atoms with E-state index >= 15 is 0 Å². The molecular weight excluding hydrogens is 242 g/mol. The number of hydrogen-bond acceptors (Lipinski definition) is 4. The van der Waals surface area contributed by atoms with E-state index in [0.717, 1.165) is 16.7 Å². The average Bonchev–Trinajstić information content (AvgIpc) is 2.77. The van der Waals surface area contributed by atoms with Gasteiger partial charge in [0, 0.05) is 26.0 Å². The second-order valence-electron chi connectivity index (χ2n) is 4.84. The normalized spacial score (nSPS) is 12.7. The van der Waals surface area contributed by atoms with Crippen molar-refractivity contribution in [1.29, 1.82) is 0 Å². The van der Waals surface area contributed by atoms with Gasteiger partial charge in [-0.25, -0.2) is 4.98 Å². The molecule has 2 rings (SSSR count). The van der Waals surface area contributed by atoms with Crippen molar-refractivity contribution in [2.75, 3.05) is 12.4 Å². The van der Waals surface area contributed by atoms with Crippen molar-refractivity contribution in [3.8, 4) is 0 Å². The van der Waals surface area contributed by atoms with Crippen LogP contribution in [0.3, 0.4) is 0 Å². The number of amides is 1. The SMILES string of the molecule is CNC(=O)C(Nc1ccnc2c1cnn2C)C(C)C. The van der Waals surface area contributed by atoms with E-state index in [1.54, 1.807) is 24.1 Å². The summed E-state index contributed by atoms with van der Waals surface area (Å²) in [6.45, 7) is 4.02. The van der Waals surface area contributed by atoms with Crippen molar-refractivity contribution < 1.29 is 4.79 Å². The number of aromatic nitrogens is 3. The lowest BCUT2D eigenvalue weighted by molar-refractivity contribution is -0.122. The molecule has 0 saturated heterocycles. The molecule has 6 heteroatoms. The van der Waals surface area contributed by atoms with Gasteiger partial charge in [0.05, 0.1) is 11.6 Å². The Bertz CT molecular complexity index is 590. The Morgan fingerprint density at radius 1 is 1.42 bits per heavy atom. The first-order chi connectivity index (χ1) is 9.04. The maximum Gasteiger partial charge on any atom is 0.242 e. The number of pyridine rings is 1. The lowest BCUT2D eigenvalue weighted by Crippen LogP contribution is -2.41. The van der Waals surface area contributed by atoms with Crippen LogP contribution in [0.5, 0.6) is 0 Å². The van der Waals surface area contributed by atoms with Gasteiger partial charge in [-0.3, -0.25) is 9.48 Å². The van der Waals surface area contributed by atoms with Crippen LogP contribution in [0.2, 0.25) is 0 Å². The lowest BCUT2D eigenvalue weighted by atomic mass is 10.0. The minimum Gasteiger partial charge on any atom is -0.373 e. The summed E-state index contributed by atoms with van der Waals surface area (Å²) in [7, 11) is 3.49. The standard InChI is InChI=1S/C13H19N5O/c1-8(2)11(13(19)14-3)17-10-5-6-15-12-9(10)7-16-18(12)4/h5-8,11H,1-4H3,(H,14,19)(H,15,17). The Kier molecular flexibility index (Phi) is 3.69. The molecule has 1 amide bonds. The summed E-state index contributed by atoms with van der Waals surface area (Å²) in [4.78, 5) is 16.2. The maximum absolute atomic E-state index is 11.9. The molecule has 102 valence electrons. The number of likely N-dealkylation sites (N-methyl/N-ethyl adjacent to an activating group) is 1. The number of nitrogens with zero attached hydrogens (tertiary/aromatic N) is 3. The Morgan fingerprint density at radius 3 is 2.79 bits per heavy atom. The second-order valence-corrected chi connectivity index (χ2v) is 4.84. The van der Waals surface area contributed by atoms with Crippen molar-refractivity contribution in [2.45, 2.75) is 19.9 Å². The fraction of sp³-hybridized carbons (Fsp3) is 0.462. The molecule has 2 N–H and O–H groups in total. The highest BCUT2D eigenvalue weighted by Gasteiger charge is 2.21. The minimum absolute atomic E-state index is 0.0242. The van der Waals surface area contributed by atoms with Gasteiger partial charge in [0.25, 0.3) is 0 Å². The molecule has 0 fully saturated rings. The number of hydrogen-bond donors (Lipinski definition) is 2. The highest BCUT2D eigenvalue weighted by molar-refractivity contribution is 5.92. The van der Waals surface area contributed by atoms with Crippen molar-refractivity contribution in [3.05, 3.63) is 18.5 Å². The quantitative estimate of drug-likeness (QED) is 0.866. The first kappa shape index (κ1) is 13.3. The van der Waals surface area contributed by atoms with Crippen LogP contribution in [-0.2, 0) is 11.8 Å². The highest BCUT2D eigenvalue weighted by atomic mass is 16.2. The molecule has 2 aromatic heterocycles. The van der Waals surface area contributed by atoms with E-state index in [1.807, 2.05) is 27.0 Å². The van der Waals surface area contributed by atoms with Crippen molar-refractivity contribution in [3.63, 3.8) is 0 Å². The van der Waals surface area contributed by atoms with Gasteiger partial charge in [0.2, 0.25) is 5.91 Å². The molecule has 0 spiro atoms. The van der Waals surface area contributed by atoms with Crippen molar-refractivity contribution in [2.24, 2.45) is 13.0 Å². The third-order valence-electron chi connectivity index (χ3n) is 3.14. The van der Waals surface area contributed by atoms with E-state index in [4.69, 9.17) is 0 Å². The van der Waals surface area contributed by atoms with Gasteiger partial charge in [-0.05, 0) is 12.0 Å². The molecular formula is C13H19N5O. The van der Waals surface area contributed by atoms with Crippen LogP contribution in [0.15, 0.2) is 18.5 Å². The summed E-state index contributed by atoms with van der Waals surface area (Å²) < 4.78 is 1.71. The van der Waals surface area contributed by atoms with Gasteiger partial charge in [0.15, 0.2) is 5.65 Å². The summed E-state index contributed by atoms with van der Waals surface area (Å²) in [5, 5.41) is 11.1. The van der Waals surface area contributed by atoms with Crippen LogP contribution < -0.4 is 10.6 Å². The molecule has 0 aliphatic heterocycles. The summed E-state index contributed by atoms with van der Waals surface area (Å²) in [5.41, 5.74) is 1.67. The molecule has 0 saturated carbocycles. The van der Waals surface area contributed by atoms with Crippen molar-refractivity contribution >= 4 is 22.6 Å². The van der Waals surface area contributed by atoms with E-state index in [0.29, 0.717) is 0 Å². The molecule has 0 aliphatic carbocycles. The van der Waals surface area contributed by atoms with Crippen LogP contribution in [0.4, 0.5) is 5.69 Å². The van der Waals surface area contributed by atoms with E-state index < -0.39 is 0 Å². The number of nitrogens with one attached hydrogen (secondary N) is 2. The number of rotatable bonds is 4. The average molecular weight is 261 g/mol. The Labute approximate surface area is 112 Å². The molecule has 1 atom stereocenters. The topological polar surface area (TPSA) is 71.8 Å². The van der Waals surface area contributed by atoms with Gasteiger partial charge in [-0.15, -0.1) is 0 Å². The highest BCUT2D eigenvalue weighted by Crippen LogP contribution is 2.22. The molecule has 2 aromatic rings. The molecule has 6 nitrogen and oxygen atoms in total. The first-order valence-electron chi connectivity index (χ1n) is 6.29. The van der Waals surface area contributed by atoms with Crippen LogP contribution in [0.1, 0.15) is 13.8 Å². The Morgan fingerprint density at radius 2 is 2.16 bits per heavy atom. The monoisotopic (exact) mass is 261 g/mol.